The second-order valence-corrected chi connectivity index (χ2v) is 7.12. The van der Waals surface area contributed by atoms with Crippen molar-refractivity contribution in [3.8, 4) is 0 Å². The molecule has 0 aromatic rings. The zero-order valence-corrected chi connectivity index (χ0v) is 15.2. The van der Waals surface area contributed by atoms with Gasteiger partial charge in [-0.3, -0.25) is 9.59 Å². The van der Waals surface area contributed by atoms with Gasteiger partial charge < -0.3 is 16.0 Å². The molecule has 2 unspecified atom stereocenters. The quantitative estimate of drug-likeness (QED) is 0.819. The number of hydrogen-bond acceptors (Lipinski definition) is 3. The third kappa shape index (κ3) is 5.35. The van der Waals surface area contributed by atoms with Crippen LogP contribution in [0.5, 0.6) is 0 Å². The van der Waals surface area contributed by atoms with Crippen LogP contribution in [0.1, 0.15) is 58.8 Å². The Kier molecular flexibility index (Phi) is 8.34. The van der Waals surface area contributed by atoms with Crippen LogP contribution in [0.4, 0.5) is 0 Å². The van der Waals surface area contributed by atoms with Crippen LogP contribution >= 0.6 is 12.4 Å². The maximum absolute atomic E-state index is 12.6. The molecule has 134 valence electrons. The lowest BCUT2D eigenvalue weighted by Gasteiger charge is -2.39. The van der Waals surface area contributed by atoms with Gasteiger partial charge in [0.05, 0.1) is 0 Å². The molecule has 3 atom stereocenters. The van der Waals surface area contributed by atoms with Gasteiger partial charge in [-0.2, -0.15) is 0 Å². The van der Waals surface area contributed by atoms with Crippen molar-refractivity contribution in [3.63, 3.8) is 0 Å². The number of nitrogens with zero attached hydrogens (tertiary/aromatic N) is 1. The molecule has 0 aromatic carbocycles. The Balaban J connectivity index is 0.00000264. The van der Waals surface area contributed by atoms with Crippen LogP contribution in [0.3, 0.4) is 0 Å². The van der Waals surface area contributed by atoms with Crippen molar-refractivity contribution >= 4 is 24.2 Å². The molecule has 0 radical (unpaired) electrons. The molecule has 23 heavy (non-hydrogen) atoms. The van der Waals surface area contributed by atoms with Gasteiger partial charge in [0.15, 0.2) is 0 Å². The summed E-state index contributed by atoms with van der Waals surface area (Å²) in [5.74, 6) is 0.780. The van der Waals surface area contributed by atoms with E-state index < -0.39 is 6.04 Å². The van der Waals surface area contributed by atoms with Gasteiger partial charge in [0, 0.05) is 25.0 Å². The molecule has 2 rings (SSSR count). The van der Waals surface area contributed by atoms with Crippen molar-refractivity contribution < 1.29 is 9.59 Å². The number of carbonyl (C=O) groups is 2. The van der Waals surface area contributed by atoms with Gasteiger partial charge in [-0.1, -0.05) is 26.2 Å². The van der Waals surface area contributed by atoms with Gasteiger partial charge >= 0.3 is 0 Å². The number of piperidine rings is 1. The second kappa shape index (κ2) is 9.48. The smallest absolute Gasteiger partial charge is 0.245 e. The molecule has 1 aliphatic heterocycles. The van der Waals surface area contributed by atoms with E-state index in [4.69, 9.17) is 5.73 Å². The molecule has 2 fully saturated rings. The number of halogens is 1. The number of likely N-dealkylation sites (tertiary alicyclic amines) is 1. The van der Waals surface area contributed by atoms with Crippen LogP contribution in [-0.2, 0) is 9.59 Å². The lowest BCUT2D eigenvalue weighted by atomic mass is 9.88. The summed E-state index contributed by atoms with van der Waals surface area (Å²) < 4.78 is 0. The molecular formula is C17H32ClN3O2. The minimum atomic E-state index is -0.447. The first-order chi connectivity index (χ1) is 10.5. The Labute approximate surface area is 146 Å². The highest BCUT2D eigenvalue weighted by molar-refractivity contribution is 5.88. The number of carbonyl (C=O) groups excluding carboxylic acids is 2. The van der Waals surface area contributed by atoms with E-state index in [9.17, 15) is 9.59 Å². The molecule has 6 heteroatoms. The fraction of sp³-hybridized carbons (Fsp3) is 0.882. The zero-order valence-electron chi connectivity index (χ0n) is 14.4. The zero-order chi connectivity index (χ0) is 16.1. The first kappa shape index (κ1) is 20.2. The van der Waals surface area contributed by atoms with Crippen molar-refractivity contribution in [2.24, 2.45) is 17.6 Å². The van der Waals surface area contributed by atoms with Crippen LogP contribution in [0, 0.1) is 11.8 Å². The molecule has 1 saturated carbocycles. The largest absolute Gasteiger partial charge is 0.344 e. The van der Waals surface area contributed by atoms with Crippen LogP contribution in [0.2, 0.25) is 0 Å². The average molecular weight is 346 g/mol. The summed E-state index contributed by atoms with van der Waals surface area (Å²) in [4.78, 5) is 26.8. The molecule has 2 amide bonds. The molecule has 0 bridgehead atoms. The van der Waals surface area contributed by atoms with Gasteiger partial charge in [-0.05, 0) is 38.5 Å². The van der Waals surface area contributed by atoms with Crippen molar-refractivity contribution in [2.45, 2.75) is 70.9 Å². The summed E-state index contributed by atoms with van der Waals surface area (Å²) in [6.07, 6.45) is 7.37. The highest BCUT2D eigenvalue weighted by Gasteiger charge is 2.32. The normalized spacial score (nSPS) is 27.0. The van der Waals surface area contributed by atoms with Gasteiger partial charge in [-0.25, -0.2) is 0 Å². The van der Waals surface area contributed by atoms with Crippen molar-refractivity contribution in [2.75, 3.05) is 13.1 Å². The van der Waals surface area contributed by atoms with Crippen LogP contribution < -0.4 is 11.1 Å². The Hall–Kier alpha value is -0.810. The summed E-state index contributed by atoms with van der Waals surface area (Å²) in [6, 6.07) is -0.331. The lowest BCUT2D eigenvalue weighted by molar-refractivity contribution is -0.140. The predicted octanol–water partition coefficient (Wildman–Crippen LogP) is 2.08. The summed E-state index contributed by atoms with van der Waals surface area (Å²) in [6.45, 7) is 5.26. The van der Waals surface area contributed by atoms with E-state index in [0.717, 1.165) is 45.1 Å². The Bertz CT molecular complexity index is 399. The van der Waals surface area contributed by atoms with E-state index in [1.807, 2.05) is 4.90 Å². The highest BCUT2D eigenvalue weighted by Crippen LogP contribution is 2.25. The van der Waals surface area contributed by atoms with E-state index in [-0.39, 0.29) is 36.2 Å². The summed E-state index contributed by atoms with van der Waals surface area (Å²) in [5.41, 5.74) is 5.83. The molecule has 3 N–H and O–H groups in total. The maximum Gasteiger partial charge on any atom is 0.245 e. The third-order valence-corrected chi connectivity index (χ3v) is 5.24. The molecule has 1 aliphatic carbocycles. The molecule has 2 aliphatic rings. The minimum absolute atomic E-state index is 0. The monoisotopic (exact) mass is 345 g/mol. The van der Waals surface area contributed by atoms with E-state index in [1.165, 1.54) is 6.42 Å². The minimum Gasteiger partial charge on any atom is -0.344 e. The van der Waals surface area contributed by atoms with Crippen molar-refractivity contribution in [1.29, 1.82) is 0 Å². The van der Waals surface area contributed by atoms with Gasteiger partial charge in [0.1, 0.15) is 6.04 Å². The fourth-order valence-electron chi connectivity index (χ4n) is 3.77. The molecular weight excluding hydrogens is 314 g/mol. The van der Waals surface area contributed by atoms with E-state index in [2.05, 4.69) is 12.2 Å². The second-order valence-electron chi connectivity index (χ2n) is 7.12. The third-order valence-electron chi connectivity index (χ3n) is 5.24. The standard InChI is InChI=1S/C17H31N3O2.ClH/c1-12-8-9-20(15(10-12)11-18)17(22)13(2)19-16(21)14-6-4-3-5-7-14;/h12-15H,3-11,18H2,1-2H3,(H,19,21);1H/t12?,13-,15?;/m0./s1. The van der Waals surface area contributed by atoms with Gasteiger partial charge in [-0.15, -0.1) is 12.4 Å². The number of nitrogens with one attached hydrogen (secondary N) is 1. The Morgan fingerprint density at radius 2 is 1.87 bits per heavy atom. The Morgan fingerprint density at radius 1 is 1.22 bits per heavy atom. The number of amides is 2. The fourth-order valence-corrected chi connectivity index (χ4v) is 3.77. The molecule has 0 spiro atoms. The van der Waals surface area contributed by atoms with Crippen molar-refractivity contribution in [1.82, 2.24) is 10.2 Å². The van der Waals surface area contributed by atoms with Gasteiger partial charge in [0.25, 0.3) is 0 Å². The topological polar surface area (TPSA) is 75.4 Å². The molecule has 5 nitrogen and oxygen atoms in total. The maximum atomic E-state index is 12.6. The van der Waals surface area contributed by atoms with E-state index in [0.29, 0.717) is 12.5 Å². The summed E-state index contributed by atoms with van der Waals surface area (Å²) >= 11 is 0. The number of rotatable bonds is 4. The van der Waals surface area contributed by atoms with Crippen LogP contribution in [0.25, 0.3) is 0 Å². The highest BCUT2D eigenvalue weighted by atomic mass is 35.5. The molecule has 1 heterocycles. The Morgan fingerprint density at radius 3 is 2.48 bits per heavy atom. The van der Waals surface area contributed by atoms with Crippen molar-refractivity contribution in [3.05, 3.63) is 0 Å². The lowest BCUT2D eigenvalue weighted by Crippen LogP contribution is -2.55. The number of hydrogen-bond donors (Lipinski definition) is 2. The van der Waals surface area contributed by atoms with E-state index in [1.54, 1.807) is 6.92 Å². The van der Waals surface area contributed by atoms with Crippen LogP contribution in [-0.4, -0.2) is 41.9 Å². The summed E-state index contributed by atoms with van der Waals surface area (Å²) in [7, 11) is 0. The SMILES string of the molecule is CC1CCN(C(=O)[C@H](C)NC(=O)C2CCCCC2)C(CN)C1.Cl. The molecule has 0 aromatic heterocycles. The first-order valence-electron chi connectivity index (χ1n) is 8.83. The van der Waals surface area contributed by atoms with E-state index >= 15 is 0 Å². The molecule has 1 saturated heterocycles. The first-order valence-corrected chi connectivity index (χ1v) is 8.83. The van der Waals surface area contributed by atoms with Crippen LogP contribution in [0.15, 0.2) is 0 Å². The average Bonchev–Trinajstić information content (AvgIpc) is 2.54. The number of nitrogens with two attached hydrogens (primary N) is 1. The predicted molar refractivity (Wildman–Crippen MR) is 94.4 cm³/mol. The summed E-state index contributed by atoms with van der Waals surface area (Å²) in [5, 5.41) is 2.93. The van der Waals surface area contributed by atoms with Gasteiger partial charge in [0.2, 0.25) is 11.8 Å².